The Morgan fingerprint density at radius 1 is 0.944 bits per heavy atom. The Morgan fingerprint density at radius 3 is 2.44 bits per heavy atom. The van der Waals surface area contributed by atoms with Crippen LogP contribution in [0.25, 0.3) is 0 Å². The molecular formula is C13H10Br2N2O. The van der Waals surface area contributed by atoms with Gasteiger partial charge in [-0.05, 0) is 36.4 Å². The van der Waals surface area contributed by atoms with Gasteiger partial charge in [-0.15, -0.1) is 5.11 Å². The third-order valence-corrected chi connectivity index (χ3v) is 3.21. The Kier molecular flexibility index (Phi) is 4.49. The summed E-state index contributed by atoms with van der Waals surface area (Å²) in [6.45, 7) is 0. The zero-order valence-corrected chi connectivity index (χ0v) is 12.8. The van der Waals surface area contributed by atoms with Crippen molar-refractivity contribution >= 4 is 43.2 Å². The molecule has 0 bridgehead atoms. The van der Waals surface area contributed by atoms with Crippen LogP contribution in [0, 0.1) is 0 Å². The Morgan fingerprint density at radius 2 is 1.72 bits per heavy atom. The number of rotatable bonds is 3. The van der Waals surface area contributed by atoms with Gasteiger partial charge in [0.2, 0.25) is 0 Å². The van der Waals surface area contributed by atoms with Crippen LogP contribution in [0.5, 0.6) is 5.75 Å². The summed E-state index contributed by atoms with van der Waals surface area (Å²) in [4.78, 5) is 0. The van der Waals surface area contributed by atoms with Crippen LogP contribution < -0.4 is 4.74 Å². The molecule has 0 aliphatic heterocycles. The summed E-state index contributed by atoms with van der Waals surface area (Å²) in [5, 5.41) is 8.38. The molecule has 0 heterocycles. The van der Waals surface area contributed by atoms with Crippen molar-refractivity contribution in [1.29, 1.82) is 0 Å². The van der Waals surface area contributed by atoms with Gasteiger partial charge < -0.3 is 4.74 Å². The maximum Gasteiger partial charge on any atom is 0.146 e. The van der Waals surface area contributed by atoms with E-state index >= 15 is 0 Å². The van der Waals surface area contributed by atoms with Gasteiger partial charge >= 0.3 is 0 Å². The number of halogens is 2. The number of azo groups is 1. The lowest BCUT2D eigenvalue weighted by molar-refractivity contribution is 0.416. The van der Waals surface area contributed by atoms with E-state index in [2.05, 4.69) is 42.1 Å². The SMILES string of the molecule is COc1ccc(Br)cc1N=Nc1cccc(Br)c1. The first kappa shape index (κ1) is 13.2. The fourth-order valence-corrected chi connectivity index (χ4v) is 2.13. The van der Waals surface area contributed by atoms with Gasteiger partial charge in [-0.3, -0.25) is 0 Å². The van der Waals surface area contributed by atoms with Crippen LogP contribution in [0.3, 0.4) is 0 Å². The molecule has 92 valence electrons. The van der Waals surface area contributed by atoms with Crippen LogP contribution in [0.1, 0.15) is 0 Å². The first-order valence-corrected chi connectivity index (χ1v) is 6.78. The average molecular weight is 370 g/mol. The molecule has 18 heavy (non-hydrogen) atoms. The molecule has 5 heteroatoms. The standard InChI is InChI=1S/C13H10Br2N2O/c1-18-13-6-5-10(15)8-12(13)17-16-11-4-2-3-9(14)7-11/h2-8H,1H3. The molecule has 0 fully saturated rings. The van der Waals surface area contributed by atoms with E-state index < -0.39 is 0 Å². The lowest BCUT2D eigenvalue weighted by atomic mass is 10.3. The summed E-state index contributed by atoms with van der Waals surface area (Å²) in [6.07, 6.45) is 0. The highest BCUT2D eigenvalue weighted by Crippen LogP contribution is 2.32. The minimum atomic E-state index is 0.687. The second-order valence-electron chi connectivity index (χ2n) is 3.50. The zero-order chi connectivity index (χ0) is 13.0. The van der Waals surface area contributed by atoms with Gasteiger partial charge in [-0.25, -0.2) is 0 Å². The highest BCUT2D eigenvalue weighted by atomic mass is 79.9. The highest BCUT2D eigenvalue weighted by molar-refractivity contribution is 9.10. The van der Waals surface area contributed by atoms with E-state index in [4.69, 9.17) is 4.74 Å². The van der Waals surface area contributed by atoms with E-state index in [1.54, 1.807) is 7.11 Å². The van der Waals surface area contributed by atoms with Crippen molar-refractivity contribution in [2.45, 2.75) is 0 Å². The van der Waals surface area contributed by atoms with Gasteiger partial charge in [0.15, 0.2) is 0 Å². The molecule has 0 aromatic heterocycles. The molecule has 0 spiro atoms. The Hall–Kier alpha value is -1.20. The van der Waals surface area contributed by atoms with Gasteiger partial charge in [0.05, 0.1) is 12.8 Å². The molecule has 0 radical (unpaired) electrons. The quantitative estimate of drug-likeness (QED) is 0.645. The van der Waals surface area contributed by atoms with Crippen LogP contribution in [-0.2, 0) is 0 Å². The van der Waals surface area contributed by atoms with Gasteiger partial charge in [-0.1, -0.05) is 37.9 Å². The van der Waals surface area contributed by atoms with Crippen molar-refractivity contribution in [2.75, 3.05) is 7.11 Å². The molecule has 0 saturated heterocycles. The first-order chi connectivity index (χ1) is 8.69. The number of methoxy groups -OCH3 is 1. The van der Waals surface area contributed by atoms with Gasteiger partial charge in [0, 0.05) is 8.95 Å². The van der Waals surface area contributed by atoms with Gasteiger partial charge in [0.1, 0.15) is 11.4 Å². The molecular weight excluding hydrogens is 360 g/mol. The largest absolute Gasteiger partial charge is 0.494 e. The highest BCUT2D eigenvalue weighted by Gasteiger charge is 2.02. The van der Waals surface area contributed by atoms with E-state index in [1.807, 2.05) is 42.5 Å². The fourth-order valence-electron chi connectivity index (χ4n) is 1.39. The number of ether oxygens (including phenoxy) is 1. The molecule has 2 aromatic rings. The number of hydrogen-bond acceptors (Lipinski definition) is 3. The number of benzene rings is 2. The molecule has 0 aliphatic carbocycles. The number of nitrogens with zero attached hydrogens (tertiary/aromatic N) is 2. The third kappa shape index (κ3) is 3.40. The smallest absolute Gasteiger partial charge is 0.146 e. The van der Waals surface area contributed by atoms with Crippen LogP contribution in [0.4, 0.5) is 11.4 Å². The predicted molar refractivity (Wildman–Crippen MR) is 79.0 cm³/mol. The van der Waals surface area contributed by atoms with Crippen molar-refractivity contribution in [2.24, 2.45) is 10.2 Å². The zero-order valence-electron chi connectivity index (χ0n) is 9.60. The predicted octanol–water partition coefficient (Wildman–Crippen LogP) is 5.64. The van der Waals surface area contributed by atoms with Crippen LogP contribution in [0.15, 0.2) is 61.6 Å². The minimum Gasteiger partial charge on any atom is -0.494 e. The fraction of sp³-hybridized carbons (Fsp3) is 0.0769. The molecule has 0 N–H and O–H groups in total. The lowest BCUT2D eigenvalue weighted by Gasteiger charge is -2.03. The molecule has 3 nitrogen and oxygen atoms in total. The van der Waals surface area contributed by atoms with Crippen LogP contribution in [-0.4, -0.2) is 7.11 Å². The van der Waals surface area contributed by atoms with Crippen molar-refractivity contribution in [1.82, 2.24) is 0 Å². The molecule has 0 aliphatic rings. The summed E-state index contributed by atoms with van der Waals surface area (Å²) in [5.74, 6) is 0.692. The van der Waals surface area contributed by atoms with Crippen molar-refractivity contribution in [3.05, 3.63) is 51.4 Å². The monoisotopic (exact) mass is 368 g/mol. The first-order valence-electron chi connectivity index (χ1n) is 5.20. The van der Waals surface area contributed by atoms with E-state index in [0.717, 1.165) is 14.6 Å². The van der Waals surface area contributed by atoms with Crippen molar-refractivity contribution in [3.8, 4) is 5.75 Å². The van der Waals surface area contributed by atoms with E-state index in [9.17, 15) is 0 Å². The summed E-state index contributed by atoms with van der Waals surface area (Å²) >= 11 is 6.79. The molecule has 2 rings (SSSR count). The van der Waals surface area contributed by atoms with Crippen molar-refractivity contribution in [3.63, 3.8) is 0 Å². The topological polar surface area (TPSA) is 34.0 Å². The maximum absolute atomic E-state index is 5.23. The summed E-state index contributed by atoms with van der Waals surface area (Å²) in [7, 11) is 1.61. The Labute approximate surface area is 122 Å². The Balaban J connectivity index is 2.31. The normalized spacial score (nSPS) is 10.8. The maximum atomic E-state index is 5.23. The van der Waals surface area contributed by atoms with Gasteiger partial charge in [-0.2, -0.15) is 5.11 Å². The molecule has 2 aromatic carbocycles. The van der Waals surface area contributed by atoms with E-state index in [1.165, 1.54) is 0 Å². The summed E-state index contributed by atoms with van der Waals surface area (Å²) in [6, 6.07) is 13.2. The van der Waals surface area contributed by atoms with Crippen LogP contribution >= 0.6 is 31.9 Å². The van der Waals surface area contributed by atoms with E-state index in [0.29, 0.717) is 11.4 Å². The summed E-state index contributed by atoms with van der Waals surface area (Å²) in [5.41, 5.74) is 1.47. The minimum absolute atomic E-state index is 0.687. The molecule has 0 saturated carbocycles. The molecule has 0 atom stereocenters. The van der Waals surface area contributed by atoms with Gasteiger partial charge in [0.25, 0.3) is 0 Å². The second-order valence-corrected chi connectivity index (χ2v) is 5.33. The second kappa shape index (κ2) is 6.11. The van der Waals surface area contributed by atoms with Crippen LogP contribution in [0.2, 0.25) is 0 Å². The van der Waals surface area contributed by atoms with Crippen molar-refractivity contribution < 1.29 is 4.74 Å². The van der Waals surface area contributed by atoms with E-state index in [-0.39, 0.29) is 0 Å². The Bertz CT molecular complexity index is 585. The third-order valence-electron chi connectivity index (χ3n) is 2.22. The average Bonchev–Trinajstić information content (AvgIpc) is 2.37. The lowest BCUT2D eigenvalue weighted by Crippen LogP contribution is -1.82. The summed E-state index contributed by atoms with van der Waals surface area (Å²) < 4.78 is 7.14. The molecule has 0 amide bonds. The molecule has 0 unspecified atom stereocenters. The number of hydrogen-bond donors (Lipinski definition) is 0.